The highest BCUT2D eigenvalue weighted by atomic mass is 32.1. The lowest BCUT2D eigenvalue weighted by molar-refractivity contribution is 0.720. The summed E-state index contributed by atoms with van der Waals surface area (Å²) in [4.78, 5) is 0. The zero-order chi connectivity index (χ0) is 22.9. The van der Waals surface area contributed by atoms with Crippen LogP contribution in [0.25, 0.3) is 53.2 Å². The largest absolute Gasteiger partial charge is 0.135 e. The van der Waals surface area contributed by atoms with Crippen molar-refractivity contribution in [3.05, 3.63) is 132 Å². The van der Waals surface area contributed by atoms with Gasteiger partial charge in [0.15, 0.2) is 0 Å². The van der Waals surface area contributed by atoms with Crippen molar-refractivity contribution in [2.75, 3.05) is 0 Å². The summed E-state index contributed by atoms with van der Waals surface area (Å²) in [5, 5.41) is 5.40. The van der Waals surface area contributed by atoms with Crippen molar-refractivity contribution in [2.24, 2.45) is 0 Å². The second-order valence-corrected chi connectivity index (χ2v) is 10.8. The van der Waals surface area contributed by atoms with E-state index >= 15 is 0 Å². The van der Waals surface area contributed by atoms with Crippen LogP contribution in [-0.4, -0.2) is 0 Å². The first-order valence-corrected chi connectivity index (χ1v) is 13.1. The standard InChI is InChI=1S/C34H22S/c1-2-8-24-21(7-1)14-18-33-34(24)31-20-23(15-17-32(31)35-33)22-13-16-29-27-11-4-3-9-25(27)26-10-5-6-12-28(26)30(29)19-22/h1-20,26,28H. The molecule has 2 atom stereocenters. The van der Waals surface area contributed by atoms with Crippen LogP contribution >= 0.6 is 11.3 Å². The molecule has 2 unspecified atom stereocenters. The van der Waals surface area contributed by atoms with Crippen LogP contribution in [0.2, 0.25) is 0 Å². The molecule has 1 aromatic heterocycles. The number of hydrogen-bond acceptors (Lipinski definition) is 1. The maximum Gasteiger partial charge on any atom is 0.0361 e. The van der Waals surface area contributed by atoms with Crippen molar-refractivity contribution in [3.63, 3.8) is 0 Å². The van der Waals surface area contributed by atoms with Crippen LogP contribution in [0.15, 0.2) is 121 Å². The maximum absolute atomic E-state index is 2.44. The monoisotopic (exact) mass is 462 g/mol. The van der Waals surface area contributed by atoms with Gasteiger partial charge in [0.1, 0.15) is 0 Å². The Hall–Kier alpha value is -3.94. The van der Waals surface area contributed by atoms with Gasteiger partial charge in [0, 0.05) is 32.0 Å². The van der Waals surface area contributed by atoms with Crippen molar-refractivity contribution in [3.8, 4) is 22.3 Å². The molecule has 0 fully saturated rings. The lowest BCUT2D eigenvalue weighted by Crippen LogP contribution is -2.16. The molecule has 1 heterocycles. The molecule has 0 bridgehead atoms. The lowest BCUT2D eigenvalue weighted by Gasteiger charge is -2.34. The summed E-state index contributed by atoms with van der Waals surface area (Å²) in [5.74, 6) is 0.799. The zero-order valence-corrected chi connectivity index (χ0v) is 19.9. The molecule has 164 valence electrons. The minimum absolute atomic E-state index is 0.388. The van der Waals surface area contributed by atoms with Crippen molar-refractivity contribution < 1.29 is 0 Å². The molecule has 8 rings (SSSR count). The van der Waals surface area contributed by atoms with Crippen molar-refractivity contribution >= 4 is 42.3 Å². The van der Waals surface area contributed by atoms with Crippen LogP contribution in [0.3, 0.4) is 0 Å². The highest BCUT2D eigenvalue weighted by Crippen LogP contribution is 2.50. The van der Waals surface area contributed by atoms with Crippen molar-refractivity contribution in [1.29, 1.82) is 0 Å². The minimum atomic E-state index is 0.388. The molecule has 0 N–H and O–H groups in total. The second-order valence-electron chi connectivity index (χ2n) is 9.68. The molecule has 0 spiro atoms. The van der Waals surface area contributed by atoms with Gasteiger partial charge in [0.05, 0.1) is 0 Å². The number of fused-ring (bicyclic) bond motifs is 11. The average molecular weight is 463 g/mol. The van der Waals surface area contributed by atoms with Crippen LogP contribution in [0.4, 0.5) is 0 Å². The van der Waals surface area contributed by atoms with Crippen LogP contribution in [0.5, 0.6) is 0 Å². The summed E-state index contributed by atoms with van der Waals surface area (Å²) in [6.07, 6.45) is 9.16. The third-order valence-electron chi connectivity index (χ3n) is 7.85. The van der Waals surface area contributed by atoms with Crippen LogP contribution in [0.1, 0.15) is 23.0 Å². The summed E-state index contributed by atoms with van der Waals surface area (Å²) in [7, 11) is 0. The molecule has 0 radical (unpaired) electrons. The van der Waals surface area contributed by atoms with Gasteiger partial charge in [-0.3, -0.25) is 0 Å². The Bertz CT molecular complexity index is 1860. The van der Waals surface area contributed by atoms with Gasteiger partial charge in [-0.2, -0.15) is 0 Å². The van der Waals surface area contributed by atoms with Gasteiger partial charge < -0.3 is 0 Å². The third-order valence-corrected chi connectivity index (χ3v) is 8.98. The molecule has 0 saturated heterocycles. The Morgan fingerprint density at radius 2 is 1.23 bits per heavy atom. The van der Waals surface area contributed by atoms with Crippen molar-refractivity contribution in [2.45, 2.75) is 11.8 Å². The summed E-state index contributed by atoms with van der Waals surface area (Å²) in [5.41, 5.74) is 8.22. The van der Waals surface area contributed by atoms with E-state index in [1.165, 1.54) is 64.3 Å². The predicted molar refractivity (Wildman–Crippen MR) is 151 cm³/mol. The molecule has 0 amide bonds. The first kappa shape index (κ1) is 19.4. The van der Waals surface area contributed by atoms with Gasteiger partial charge in [-0.05, 0) is 68.4 Å². The second kappa shape index (κ2) is 7.28. The Labute approximate surface area is 208 Å². The molecule has 0 aliphatic heterocycles. The summed E-state index contributed by atoms with van der Waals surface area (Å²) < 4.78 is 2.72. The summed E-state index contributed by atoms with van der Waals surface area (Å²) >= 11 is 1.89. The van der Waals surface area contributed by atoms with E-state index in [0.29, 0.717) is 11.8 Å². The molecule has 2 aliphatic rings. The Morgan fingerprint density at radius 1 is 0.514 bits per heavy atom. The van der Waals surface area contributed by atoms with E-state index in [1.54, 1.807) is 0 Å². The van der Waals surface area contributed by atoms with Gasteiger partial charge in [0.2, 0.25) is 0 Å². The first-order valence-electron chi connectivity index (χ1n) is 12.3. The third kappa shape index (κ3) is 2.79. The Morgan fingerprint density at radius 3 is 2.17 bits per heavy atom. The van der Waals surface area contributed by atoms with E-state index in [-0.39, 0.29) is 0 Å². The number of hydrogen-bond donors (Lipinski definition) is 0. The molecule has 2 aliphatic carbocycles. The number of benzene rings is 5. The molecule has 5 aromatic carbocycles. The average Bonchev–Trinajstić information content (AvgIpc) is 3.31. The molecular weight excluding hydrogens is 440 g/mol. The lowest BCUT2D eigenvalue weighted by atomic mass is 9.69. The van der Waals surface area contributed by atoms with Crippen LogP contribution in [0, 0.1) is 0 Å². The fourth-order valence-corrected chi connectivity index (χ4v) is 7.33. The SMILES string of the molecule is C1=CC2c3ccccc3-c3ccc(-c4ccc5sc6ccc7ccccc7c6c5c4)cc3C2C=C1. The van der Waals surface area contributed by atoms with E-state index in [2.05, 4.69) is 121 Å². The van der Waals surface area contributed by atoms with Crippen LogP contribution in [-0.2, 0) is 0 Å². The fourth-order valence-electron chi connectivity index (χ4n) is 6.22. The first-order chi connectivity index (χ1) is 17.3. The van der Waals surface area contributed by atoms with Crippen molar-refractivity contribution in [1.82, 2.24) is 0 Å². The molecule has 0 saturated carbocycles. The van der Waals surface area contributed by atoms with Gasteiger partial charge in [-0.15, -0.1) is 11.3 Å². The van der Waals surface area contributed by atoms with Gasteiger partial charge in [-0.1, -0.05) is 97.1 Å². The minimum Gasteiger partial charge on any atom is -0.135 e. The van der Waals surface area contributed by atoms with E-state index in [1.807, 2.05) is 11.3 Å². The number of allylic oxidation sites excluding steroid dienone is 4. The summed E-state index contributed by atoms with van der Waals surface area (Å²) in [6, 6.07) is 36.3. The Kier molecular flexibility index (Phi) is 4.03. The number of rotatable bonds is 1. The van der Waals surface area contributed by atoms with Gasteiger partial charge in [-0.25, -0.2) is 0 Å². The molecule has 35 heavy (non-hydrogen) atoms. The summed E-state index contributed by atoms with van der Waals surface area (Å²) in [6.45, 7) is 0. The topological polar surface area (TPSA) is 0 Å². The molecular formula is C34H22S. The fraction of sp³-hybridized carbons (Fsp3) is 0.0588. The zero-order valence-electron chi connectivity index (χ0n) is 19.1. The van der Waals surface area contributed by atoms with Gasteiger partial charge in [0.25, 0.3) is 0 Å². The normalized spacial score (nSPS) is 18.1. The Balaban J connectivity index is 1.35. The number of thiophene rings is 1. The van der Waals surface area contributed by atoms with Gasteiger partial charge >= 0.3 is 0 Å². The van der Waals surface area contributed by atoms with E-state index in [0.717, 1.165) is 0 Å². The van der Waals surface area contributed by atoms with E-state index < -0.39 is 0 Å². The maximum atomic E-state index is 2.44. The highest BCUT2D eigenvalue weighted by Gasteiger charge is 2.31. The molecule has 0 nitrogen and oxygen atoms in total. The van der Waals surface area contributed by atoms with E-state index in [4.69, 9.17) is 0 Å². The smallest absolute Gasteiger partial charge is 0.0361 e. The predicted octanol–water partition coefficient (Wildman–Crippen LogP) is 9.85. The van der Waals surface area contributed by atoms with E-state index in [9.17, 15) is 0 Å². The molecule has 1 heteroatoms. The molecule has 6 aromatic rings. The highest BCUT2D eigenvalue weighted by molar-refractivity contribution is 7.26. The quantitative estimate of drug-likeness (QED) is 0.228. The van der Waals surface area contributed by atoms with Crippen LogP contribution < -0.4 is 0 Å².